The third-order valence-electron chi connectivity index (χ3n) is 11.7. The fourth-order valence-electron chi connectivity index (χ4n) is 7.75. The van der Waals surface area contributed by atoms with Crippen molar-refractivity contribution < 1.29 is 28.6 Å². The maximum Gasteiger partial charge on any atom is 0.305 e. The molecule has 0 aliphatic carbocycles. The second kappa shape index (κ2) is 48.0. The van der Waals surface area contributed by atoms with E-state index in [-0.39, 0.29) is 37.7 Å². The van der Waals surface area contributed by atoms with Crippen LogP contribution in [0.2, 0.25) is 0 Å². The fraction of sp³-hybridized carbons (Fsp3) is 0.941. The van der Waals surface area contributed by atoms with E-state index in [4.69, 9.17) is 14.2 Å². The molecule has 7 nitrogen and oxygen atoms in total. The molecule has 0 rings (SSSR count). The molecule has 0 saturated carbocycles. The number of rotatable bonds is 48. The van der Waals surface area contributed by atoms with Crippen LogP contribution < -0.4 is 0 Å². The van der Waals surface area contributed by atoms with Crippen LogP contribution in [0.5, 0.6) is 0 Å². The Morgan fingerprint density at radius 3 is 0.638 bits per heavy atom. The minimum absolute atomic E-state index is 0.144. The first-order valence-electron chi connectivity index (χ1n) is 25.7. The van der Waals surface area contributed by atoms with Crippen molar-refractivity contribution in [3.8, 4) is 0 Å². The third kappa shape index (κ3) is 45.5. The van der Waals surface area contributed by atoms with Gasteiger partial charge in [-0.25, -0.2) is 0 Å². The summed E-state index contributed by atoms with van der Waals surface area (Å²) in [6, 6.07) is 0. The van der Waals surface area contributed by atoms with Gasteiger partial charge in [-0.15, -0.1) is 0 Å². The van der Waals surface area contributed by atoms with Gasteiger partial charge >= 0.3 is 17.9 Å². The highest BCUT2D eigenvalue weighted by Gasteiger charge is 2.12. The number of hydrogen-bond donors (Lipinski definition) is 0. The lowest BCUT2D eigenvalue weighted by Gasteiger charge is -2.22. The van der Waals surface area contributed by atoms with Gasteiger partial charge < -0.3 is 14.2 Å². The highest BCUT2D eigenvalue weighted by molar-refractivity contribution is 5.70. The van der Waals surface area contributed by atoms with Gasteiger partial charge in [0.25, 0.3) is 0 Å². The van der Waals surface area contributed by atoms with Crippen molar-refractivity contribution in [2.75, 3.05) is 39.5 Å². The summed E-state index contributed by atoms with van der Waals surface area (Å²) in [6.45, 7) is 9.23. The van der Waals surface area contributed by atoms with E-state index in [1.165, 1.54) is 193 Å². The molecule has 0 unspecified atom stereocenters. The predicted molar refractivity (Wildman–Crippen MR) is 246 cm³/mol. The summed E-state index contributed by atoms with van der Waals surface area (Å²) in [6.07, 6.45) is 47.0. The molecule has 0 aromatic carbocycles. The molecule has 0 atom stereocenters. The number of nitrogens with zero attached hydrogens (tertiary/aromatic N) is 1. The van der Waals surface area contributed by atoms with Crippen molar-refractivity contribution in [2.45, 2.75) is 271 Å². The van der Waals surface area contributed by atoms with Gasteiger partial charge in [-0.3, -0.25) is 19.3 Å². The van der Waals surface area contributed by atoms with Crippen LogP contribution >= 0.6 is 0 Å². The topological polar surface area (TPSA) is 82.1 Å². The van der Waals surface area contributed by atoms with E-state index in [0.717, 1.165) is 38.5 Å². The van der Waals surface area contributed by atoms with Crippen molar-refractivity contribution in [3.63, 3.8) is 0 Å². The van der Waals surface area contributed by atoms with Gasteiger partial charge in [-0.1, -0.05) is 233 Å². The lowest BCUT2D eigenvalue weighted by Crippen LogP contribution is -2.35. The first-order chi connectivity index (χ1) is 28.5. The number of ether oxygens (including phenoxy) is 3. The van der Waals surface area contributed by atoms with E-state index < -0.39 is 0 Å². The number of carbonyl (C=O) groups is 3. The molecule has 0 fully saturated rings. The average molecular weight is 822 g/mol. The minimum atomic E-state index is -0.144. The number of unbranched alkanes of at least 4 members (excludes halogenated alkanes) is 33. The summed E-state index contributed by atoms with van der Waals surface area (Å²) in [7, 11) is 0. The summed E-state index contributed by atoms with van der Waals surface area (Å²) in [5.41, 5.74) is 0. The van der Waals surface area contributed by atoms with Crippen LogP contribution in [0.1, 0.15) is 271 Å². The SMILES string of the molecule is CCCCCCCCCCCCCCC(=O)OCCN(CCOC(=O)CCCCCCCCCCCCCC)CCOC(=O)CCCCCCCCCCCCCC. The van der Waals surface area contributed by atoms with E-state index in [0.29, 0.717) is 38.9 Å². The highest BCUT2D eigenvalue weighted by atomic mass is 16.5. The normalized spacial score (nSPS) is 11.4. The zero-order valence-electron chi connectivity index (χ0n) is 39.2. The van der Waals surface area contributed by atoms with Crippen LogP contribution in [0.25, 0.3) is 0 Å². The van der Waals surface area contributed by atoms with E-state index >= 15 is 0 Å². The molecule has 0 aromatic heterocycles. The quantitative estimate of drug-likeness (QED) is 0.0343. The molecule has 0 aliphatic rings. The summed E-state index contributed by atoms with van der Waals surface area (Å²) in [5.74, 6) is -0.431. The Balaban J connectivity index is 4.28. The third-order valence-corrected chi connectivity index (χ3v) is 11.7. The van der Waals surface area contributed by atoms with Crippen molar-refractivity contribution in [1.82, 2.24) is 4.90 Å². The Morgan fingerprint density at radius 1 is 0.276 bits per heavy atom. The van der Waals surface area contributed by atoms with E-state index in [1.54, 1.807) is 0 Å². The van der Waals surface area contributed by atoms with Crippen molar-refractivity contribution in [3.05, 3.63) is 0 Å². The second-order valence-electron chi connectivity index (χ2n) is 17.4. The van der Waals surface area contributed by atoms with Crippen molar-refractivity contribution in [2.24, 2.45) is 0 Å². The van der Waals surface area contributed by atoms with E-state index in [9.17, 15) is 14.4 Å². The molecule has 344 valence electrons. The van der Waals surface area contributed by atoms with Crippen LogP contribution in [0.4, 0.5) is 0 Å². The molecule has 0 aromatic rings. The molecule has 0 spiro atoms. The molecule has 0 amide bonds. The smallest absolute Gasteiger partial charge is 0.305 e. The van der Waals surface area contributed by atoms with Gasteiger partial charge in [0.15, 0.2) is 0 Å². The highest BCUT2D eigenvalue weighted by Crippen LogP contribution is 2.15. The number of carbonyl (C=O) groups excluding carboxylic acids is 3. The Kier molecular flexibility index (Phi) is 46.7. The molecule has 0 radical (unpaired) electrons. The monoisotopic (exact) mass is 822 g/mol. The minimum Gasteiger partial charge on any atom is -0.464 e. The van der Waals surface area contributed by atoms with Crippen molar-refractivity contribution in [1.29, 1.82) is 0 Å². The Morgan fingerprint density at radius 2 is 0.448 bits per heavy atom. The predicted octanol–water partition coefficient (Wildman–Crippen LogP) is 15.2. The summed E-state index contributed by atoms with van der Waals surface area (Å²) >= 11 is 0. The number of esters is 3. The lowest BCUT2D eigenvalue weighted by molar-refractivity contribution is -0.144. The molecular weight excluding hydrogens is 723 g/mol. The summed E-state index contributed by atoms with van der Waals surface area (Å²) < 4.78 is 16.8. The van der Waals surface area contributed by atoms with Gasteiger partial charge in [0.05, 0.1) is 0 Å². The standard InChI is InChI=1S/C51H99NO6/c1-4-7-10-13-16-19-22-25-28-31-34-37-40-49(53)56-46-43-52(44-47-57-50(54)41-38-35-32-29-26-23-20-17-14-11-8-5-2)45-48-58-51(55)42-39-36-33-30-27-24-21-18-15-12-9-6-3/h4-48H2,1-3H3. The zero-order chi connectivity index (χ0) is 42.3. The zero-order valence-corrected chi connectivity index (χ0v) is 39.2. The molecular formula is C51H99NO6. The molecule has 0 bridgehead atoms. The van der Waals surface area contributed by atoms with Gasteiger partial charge in [-0.2, -0.15) is 0 Å². The molecule has 58 heavy (non-hydrogen) atoms. The Hall–Kier alpha value is -1.63. The Labute approximate surface area is 361 Å². The largest absolute Gasteiger partial charge is 0.464 e. The molecule has 0 heterocycles. The van der Waals surface area contributed by atoms with Crippen LogP contribution in [0, 0.1) is 0 Å². The Bertz CT molecular complexity index is 757. The maximum atomic E-state index is 12.4. The van der Waals surface area contributed by atoms with Crippen LogP contribution in [0.15, 0.2) is 0 Å². The van der Waals surface area contributed by atoms with Gasteiger partial charge in [-0.05, 0) is 19.3 Å². The van der Waals surface area contributed by atoms with E-state index in [2.05, 4.69) is 25.7 Å². The first-order valence-corrected chi connectivity index (χ1v) is 25.7. The summed E-state index contributed by atoms with van der Waals surface area (Å²) in [5, 5.41) is 0. The van der Waals surface area contributed by atoms with Gasteiger partial charge in [0.2, 0.25) is 0 Å². The molecule has 7 heteroatoms. The molecule has 0 saturated heterocycles. The first kappa shape index (κ1) is 56.4. The lowest BCUT2D eigenvalue weighted by atomic mass is 10.0. The average Bonchev–Trinajstić information content (AvgIpc) is 3.21. The van der Waals surface area contributed by atoms with E-state index in [1.807, 2.05) is 0 Å². The van der Waals surface area contributed by atoms with Gasteiger partial charge in [0, 0.05) is 38.9 Å². The van der Waals surface area contributed by atoms with Crippen LogP contribution in [-0.2, 0) is 28.6 Å². The van der Waals surface area contributed by atoms with Crippen molar-refractivity contribution >= 4 is 17.9 Å². The molecule has 0 N–H and O–H groups in total. The maximum absolute atomic E-state index is 12.4. The summed E-state index contributed by atoms with van der Waals surface area (Å²) in [4.78, 5) is 39.4. The number of hydrogen-bond acceptors (Lipinski definition) is 7. The fourth-order valence-corrected chi connectivity index (χ4v) is 7.75. The van der Waals surface area contributed by atoms with Gasteiger partial charge in [0.1, 0.15) is 19.8 Å². The van der Waals surface area contributed by atoms with Crippen LogP contribution in [0.3, 0.4) is 0 Å². The molecule has 0 aliphatic heterocycles. The second-order valence-corrected chi connectivity index (χ2v) is 17.4. The van der Waals surface area contributed by atoms with Crippen LogP contribution in [-0.4, -0.2) is 62.3 Å².